The fraction of sp³-hybridized carbons (Fsp3) is 0.667. The molecule has 0 radical (unpaired) electrons. The Morgan fingerprint density at radius 3 is 1.04 bits per heavy atom. The van der Waals surface area contributed by atoms with E-state index in [1.54, 1.807) is 0 Å². The highest BCUT2D eigenvalue weighted by Crippen LogP contribution is 2.35. The average Bonchev–Trinajstić information content (AvgIpc) is 4.01. The molecule has 6 fully saturated rings. The summed E-state index contributed by atoms with van der Waals surface area (Å²) < 4.78 is 0. The third kappa shape index (κ3) is 9.05. The molecule has 0 aliphatic carbocycles. The summed E-state index contributed by atoms with van der Waals surface area (Å²) in [5.41, 5.74) is 5.15. The summed E-state index contributed by atoms with van der Waals surface area (Å²) in [5, 5.41) is 11.0. The zero-order chi connectivity index (χ0) is 37.8. The highest BCUT2D eigenvalue weighted by atomic mass is 15.3. The summed E-state index contributed by atoms with van der Waals surface area (Å²) in [4.78, 5) is 21.2. The molecule has 3 aromatic heterocycles. The van der Waals surface area contributed by atoms with E-state index >= 15 is 0 Å². The number of aromatic nitrogens is 3. The van der Waals surface area contributed by atoms with E-state index in [-0.39, 0.29) is 0 Å². The summed E-state index contributed by atoms with van der Waals surface area (Å²) in [6.45, 7) is 23.6. The SMILES string of the molecule is CC(C)c1ccc(N2CCC3(CCCCN3)C2)nc1.CC(C)c1ccc(N2CCC3(CCCN3)C2)nc1.CC(C)c1ccc(N2CCC3(CCN3)C2)nc1. The number of hydrogen-bond donors (Lipinski definition) is 3. The zero-order valence-electron chi connectivity index (χ0n) is 34.3. The molecular weight excluding hydrogens is 667 g/mol. The molecule has 0 amide bonds. The third-order valence-corrected chi connectivity index (χ3v) is 13.4. The lowest BCUT2D eigenvalue weighted by Gasteiger charge is -2.39. The third-order valence-electron chi connectivity index (χ3n) is 13.4. The van der Waals surface area contributed by atoms with E-state index in [0.717, 1.165) is 56.7 Å². The maximum absolute atomic E-state index is 4.66. The van der Waals surface area contributed by atoms with Crippen molar-refractivity contribution in [2.24, 2.45) is 0 Å². The van der Waals surface area contributed by atoms with Crippen LogP contribution in [0.2, 0.25) is 0 Å². The van der Waals surface area contributed by atoms with Crippen LogP contribution in [-0.2, 0) is 0 Å². The molecule has 6 aliphatic rings. The first kappa shape index (κ1) is 39.0. The number of rotatable bonds is 6. The molecule has 9 rings (SSSR count). The fourth-order valence-electron chi connectivity index (χ4n) is 9.40. The van der Waals surface area contributed by atoms with Crippen molar-refractivity contribution in [1.29, 1.82) is 0 Å². The van der Waals surface area contributed by atoms with Crippen LogP contribution in [-0.4, -0.2) is 90.5 Å². The molecule has 6 aliphatic heterocycles. The maximum Gasteiger partial charge on any atom is 0.128 e. The van der Waals surface area contributed by atoms with Crippen LogP contribution < -0.4 is 30.7 Å². The van der Waals surface area contributed by atoms with E-state index in [1.165, 1.54) is 94.1 Å². The molecule has 9 nitrogen and oxygen atoms in total. The van der Waals surface area contributed by atoms with E-state index in [9.17, 15) is 0 Å². The van der Waals surface area contributed by atoms with Crippen molar-refractivity contribution in [2.45, 2.75) is 134 Å². The van der Waals surface area contributed by atoms with Crippen LogP contribution in [0.5, 0.6) is 0 Å². The van der Waals surface area contributed by atoms with Crippen LogP contribution >= 0.6 is 0 Å². The Bertz CT molecular complexity index is 1600. The summed E-state index contributed by atoms with van der Waals surface area (Å²) in [5.74, 6) is 5.12. The van der Waals surface area contributed by atoms with Crippen LogP contribution in [0.1, 0.15) is 134 Å². The van der Waals surface area contributed by atoms with Gasteiger partial charge in [0.1, 0.15) is 17.5 Å². The van der Waals surface area contributed by atoms with Gasteiger partial charge in [-0.1, -0.05) is 66.2 Å². The molecule has 9 heterocycles. The molecule has 9 heteroatoms. The minimum Gasteiger partial charge on any atom is -0.355 e. The predicted molar refractivity (Wildman–Crippen MR) is 225 cm³/mol. The molecule has 6 saturated heterocycles. The van der Waals surface area contributed by atoms with Crippen molar-refractivity contribution in [3.05, 3.63) is 71.7 Å². The minimum absolute atomic E-state index is 0.372. The van der Waals surface area contributed by atoms with E-state index in [2.05, 4.69) is 124 Å². The van der Waals surface area contributed by atoms with Gasteiger partial charge < -0.3 is 30.7 Å². The van der Waals surface area contributed by atoms with E-state index in [1.807, 2.05) is 18.6 Å². The standard InChI is InChI=1S/C16H25N3.C15H23N3.C14H21N3/c1-13(2)14-5-6-15(17-11-14)19-10-8-16(12-19)7-3-4-9-18-16;1-12(2)13-4-5-14(16-10-13)18-9-7-15(11-18)6-3-8-17-15;1-11(2)12-3-4-13(15-9-12)17-8-6-14(10-17)5-7-16-14/h5-6,11,13,18H,3-4,7-10,12H2,1-2H3;4-5,10,12,17H,3,6-9,11H2,1-2H3;3-4,9,11,16H,5-8,10H2,1-2H3. The maximum atomic E-state index is 4.66. The second-order valence-electron chi connectivity index (χ2n) is 18.3. The van der Waals surface area contributed by atoms with Gasteiger partial charge in [-0.15, -0.1) is 0 Å². The number of nitrogens with one attached hydrogen (secondary N) is 3. The molecule has 3 N–H and O–H groups in total. The average molecular weight is 736 g/mol. The lowest BCUT2D eigenvalue weighted by atomic mass is 9.87. The summed E-state index contributed by atoms with van der Waals surface area (Å²) in [7, 11) is 0. The number of piperidine rings is 1. The van der Waals surface area contributed by atoms with Crippen molar-refractivity contribution in [3.63, 3.8) is 0 Å². The van der Waals surface area contributed by atoms with Crippen molar-refractivity contribution in [1.82, 2.24) is 30.9 Å². The van der Waals surface area contributed by atoms with Crippen LogP contribution in [0.25, 0.3) is 0 Å². The Kier molecular flexibility index (Phi) is 12.2. The Balaban J connectivity index is 0.000000125. The molecule has 3 unspecified atom stereocenters. The van der Waals surface area contributed by atoms with Gasteiger partial charge in [-0.05, 0) is 124 Å². The van der Waals surface area contributed by atoms with Gasteiger partial charge in [0.05, 0.1) is 0 Å². The van der Waals surface area contributed by atoms with Crippen molar-refractivity contribution in [2.75, 3.05) is 73.6 Å². The fourth-order valence-corrected chi connectivity index (χ4v) is 9.40. The van der Waals surface area contributed by atoms with Gasteiger partial charge in [0.2, 0.25) is 0 Å². The topological polar surface area (TPSA) is 84.5 Å². The number of nitrogens with zero attached hydrogens (tertiary/aromatic N) is 6. The van der Waals surface area contributed by atoms with Crippen LogP contribution in [0.15, 0.2) is 55.0 Å². The highest BCUT2D eigenvalue weighted by molar-refractivity contribution is 5.45. The number of anilines is 3. The van der Waals surface area contributed by atoms with Gasteiger partial charge in [0.15, 0.2) is 0 Å². The molecule has 0 aromatic carbocycles. The predicted octanol–water partition coefficient (Wildman–Crippen LogP) is 7.61. The van der Waals surface area contributed by atoms with Gasteiger partial charge in [-0.2, -0.15) is 0 Å². The van der Waals surface area contributed by atoms with Crippen molar-refractivity contribution < 1.29 is 0 Å². The normalized spacial score (nSPS) is 27.6. The zero-order valence-corrected chi connectivity index (χ0v) is 34.3. The van der Waals surface area contributed by atoms with E-state index in [0.29, 0.717) is 34.4 Å². The van der Waals surface area contributed by atoms with Gasteiger partial charge in [-0.25, -0.2) is 15.0 Å². The van der Waals surface area contributed by atoms with Crippen molar-refractivity contribution >= 4 is 17.5 Å². The first-order valence-electron chi connectivity index (χ1n) is 21.4. The van der Waals surface area contributed by atoms with Gasteiger partial charge >= 0.3 is 0 Å². The van der Waals surface area contributed by atoms with Crippen LogP contribution in [0, 0.1) is 0 Å². The molecular formula is C45H69N9. The largest absolute Gasteiger partial charge is 0.355 e. The highest BCUT2D eigenvalue weighted by Gasteiger charge is 2.43. The Morgan fingerprint density at radius 2 is 0.796 bits per heavy atom. The van der Waals surface area contributed by atoms with Crippen LogP contribution in [0.3, 0.4) is 0 Å². The molecule has 3 atom stereocenters. The van der Waals surface area contributed by atoms with E-state index in [4.69, 9.17) is 0 Å². The second kappa shape index (κ2) is 16.8. The first-order valence-corrected chi connectivity index (χ1v) is 21.4. The summed E-state index contributed by atoms with van der Waals surface area (Å²) >= 11 is 0. The lowest BCUT2D eigenvalue weighted by molar-refractivity contribution is 0.235. The summed E-state index contributed by atoms with van der Waals surface area (Å²) in [6.07, 6.45) is 17.9. The second-order valence-corrected chi connectivity index (χ2v) is 18.3. The minimum atomic E-state index is 0.372. The Hall–Kier alpha value is -3.27. The van der Waals surface area contributed by atoms with Crippen LogP contribution in [0.4, 0.5) is 17.5 Å². The Morgan fingerprint density at radius 1 is 0.444 bits per heavy atom. The summed E-state index contributed by atoms with van der Waals surface area (Å²) in [6, 6.07) is 13.2. The Labute approximate surface area is 326 Å². The molecule has 294 valence electrons. The quantitative estimate of drug-likeness (QED) is 0.237. The smallest absolute Gasteiger partial charge is 0.128 e. The number of pyridine rings is 3. The van der Waals surface area contributed by atoms with Gasteiger partial charge in [0.25, 0.3) is 0 Å². The number of hydrogen-bond acceptors (Lipinski definition) is 9. The van der Waals surface area contributed by atoms with Gasteiger partial charge in [-0.3, -0.25) is 0 Å². The monoisotopic (exact) mass is 736 g/mol. The molecule has 0 bridgehead atoms. The molecule has 3 aromatic rings. The first-order chi connectivity index (χ1) is 26.1. The van der Waals surface area contributed by atoms with E-state index < -0.39 is 0 Å². The van der Waals surface area contributed by atoms with Gasteiger partial charge in [0, 0.05) is 74.5 Å². The lowest BCUT2D eigenvalue weighted by Crippen LogP contribution is -2.58. The molecule has 54 heavy (non-hydrogen) atoms. The molecule has 3 spiro atoms. The van der Waals surface area contributed by atoms with Crippen molar-refractivity contribution in [3.8, 4) is 0 Å². The molecule has 0 saturated carbocycles.